The minimum atomic E-state index is -0.853. The Balaban J connectivity index is 1.53. The summed E-state index contributed by atoms with van der Waals surface area (Å²) in [7, 11) is 0. The van der Waals surface area contributed by atoms with Gasteiger partial charge in [0.25, 0.3) is 0 Å². The number of anilines is 2. The van der Waals surface area contributed by atoms with Crippen molar-refractivity contribution in [1.82, 2.24) is 14.9 Å². The third kappa shape index (κ3) is 4.31. The van der Waals surface area contributed by atoms with Crippen molar-refractivity contribution < 1.29 is 15.0 Å². The summed E-state index contributed by atoms with van der Waals surface area (Å²) in [4.78, 5) is 28.3. The lowest BCUT2D eigenvalue weighted by Gasteiger charge is -2.38. The van der Waals surface area contributed by atoms with E-state index in [9.17, 15) is 9.90 Å². The van der Waals surface area contributed by atoms with E-state index >= 15 is 0 Å². The van der Waals surface area contributed by atoms with Crippen LogP contribution >= 0.6 is 11.3 Å². The number of hydrogen-bond acceptors (Lipinski definition) is 8. The molecule has 0 radical (unpaired) electrons. The molecule has 1 amide bonds. The molecule has 158 valence electrons. The standard InChI is InChI=1S/C20H29N5O3S/c1-2-15-10-16-17(22-20(23-18(16)29-15)21-11-14(27)12-26)24-6-8-25(9-7-24)19(28)13-4-3-5-13/h10,13-14,26-27H,2-9,11-12H2,1H3,(H,21,22,23)/t14-/m1/s1. The number of aryl methyl sites for hydroxylation is 1. The summed E-state index contributed by atoms with van der Waals surface area (Å²) in [6.07, 6.45) is 3.34. The van der Waals surface area contributed by atoms with Crippen LogP contribution in [0.2, 0.25) is 0 Å². The second-order valence-corrected chi connectivity index (χ2v) is 8.93. The first kappa shape index (κ1) is 20.3. The summed E-state index contributed by atoms with van der Waals surface area (Å²) in [5.41, 5.74) is 0. The maximum absolute atomic E-state index is 12.5. The molecule has 0 spiro atoms. The third-order valence-corrected chi connectivity index (χ3v) is 7.00. The number of aliphatic hydroxyl groups excluding tert-OH is 2. The minimum absolute atomic E-state index is 0.192. The molecule has 0 aromatic carbocycles. The molecule has 9 heteroatoms. The second-order valence-electron chi connectivity index (χ2n) is 7.81. The Morgan fingerprint density at radius 1 is 1.31 bits per heavy atom. The Labute approximate surface area is 174 Å². The summed E-state index contributed by atoms with van der Waals surface area (Å²) >= 11 is 1.66. The number of nitrogens with zero attached hydrogens (tertiary/aromatic N) is 4. The maximum Gasteiger partial charge on any atom is 0.226 e. The number of nitrogens with one attached hydrogen (secondary N) is 1. The molecular weight excluding hydrogens is 390 g/mol. The van der Waals surface area contributed by atoms with Crippen LogP contribution in [0.1, 0.15) is 31.1 Å². The first-order chi connectivity index (χ1) is 14.1. The van der Waals surface area contributed by atoms with Crippen molar-refractivity contribution in [3.8, 4) is 0 Å². The van der Waals surface area contributed by atoms with Crippen molar-refractivity contribution >= 4 is 39.2 Å². The molecule has 29 heavy (non-hydrogen) atoms. The molecule has 3 heterocycles. The molecule has 1 saturated carbocycles. The van der Waals surface area contributed by atoms with Crippen molar-refractivity contribution in [3.05, 3.63) is 10.9 Å². The molecular formula is C20H29N5O3S. The van der Waals surface area contributed by atoms with Crippen LogP contribution in [0.4, 0.5) is 11.8 Å². The number of amides is 1. The smallest absolute Gasteiger partial charge is 0.226 e. The Bertz CT molecular complexity index is 861. The van der Waals surface area contributed by atoms with Gasteiger partial charge in [0.05, 0.1) is 18.1 Å². The van der Waals surface area contributed by atoms with E-state index in [4.69, 9.17) is 10.1 Å². The van der Waals surface area contributed by atoms with Gasteiger partial charge in [-0.2, -0.15) is 4.98 Å². The number of hydrogen-bond donors (Lipinski definition) is 3. The van der Waals surface area contributed by atoms with Gasteiger partial charge in [0, 0.05) is 43.5 Å². The van der Waals surface area contributed by atoms with Crippen molar-refractivity contribution in [2.45, 2.75) is 38.7 Å². The molecule has 2 aliphatic rings. The average Bonchev–Trinajstić information content (AvgIpc) is 3.13. The third-order valence-electron chi connectivity index (χ3n) is 5.82. The lowest BCUT2D eigenvalue weighted by Crippen LogP contribution is -2.51. The van der Waals surface area contributed by atoms with E-state index in [-0.39, 0.29) is 19.1 Å². The minimum Gasteiger partial charge on any atom is -0.394 e. The number of piperazine rings is 1. The summed E-state index contributed by atoms with van der Waals surface area (Å²) < 4.78 is 0. The molecule has 4 rings (SSSR count). The van der Waals surface area contributed by atoms with Gasteiger partial charge >= 0.3 is 0 Å². The quantitative estimate of drug-likeness (QED) is 0.625. The summed E-state index contributed by atoms with van der Waals surface area (Å²) in [6.45, 7) is 4.95. The largest absolute Gasteiger partial charge is 0.394 e. The highest BCUT2D eigenvalue weighted by molar-refractivity contribution is 7.18. The zero-order chi connectivity index (χ0) is 20.4. The maximum atomic E-state index is 12.5. The highest BCUT2D eigenvalue weighted by Gasteiger charge is 2.32. The van der Waals surface area contributed by atoms with Crippen LogP contribution < -0.4 is 10.2 Å². The van der Waals surface area contributed by atoms with E-state index in [1.807, 2.05) is 4.90 Å². The highest BCUT2D eigenvalue weighted by Crippen LogP contribution is 2.33. The van der Waals surface area contributed by atoms with Crippen molar-refractivity contribution in [1.29, 1.82) is 0 Å². The monoisotopic (exact) mass is 419 g/mol. The van der Waals surface area contributed by atoms with Gasteiger partial charge in [-0.3, -0.25) is 4.79 Å². The number of carbonyl (C=O) groups is 1. The molecule has 1 aliphatic heterocycles. The fourth-order valence-corrected chi connectivity index (χ4v) is 4.74. The van der Waals surface area contributed by atoms with Crippen LogP contribution in [0.5, 0.6) is 0 Å². The Kier molecular flexibility index (Phi) is 6.17. The number of fused-ring (bicyclic) bond motifs is 1. The average molecular weight is 420 g/mol. The molecule has 2 fully saturated rings. The van der Waals surface area contributed by atoms with E-state index in [0.29, 0.717) is 11.9 Å². The number of thiophene rings is 1. The molecule has 8 nitrogen and oxygen atoms in total. The van der Waals surface area contributed by atoms with E-state index in [1.165, 1.54) is 11.3 Å². The number of carbonyl (C=O) groups excluding carboxylic acids is 1. The van der Waals surface area contributed by atoms with Crippen LogP contribution in [0.25, 0.3) is 10.2 Å². The van der Waals surface area contributed by atoms with E-state index in [1.54, 1.807) is 11.3 Å². The lowest BCUT2D eigenvalue weighted by molar-refractivity contribution is -0.138. The lowest BCUT2D eigenvalue weighted by atomic mass is 9.84. The fraction of sp³-hybridized carbons (Fsp3) is 0.650. The SMILES string of the molecule is CCc1cc2c(N3CCN(C(=O)C4CCC4)CC3)nc(NC[C@@H](O)CO)nc2s1. The molecule has 0 unspecified atom stereocenters. The number of aliphatic hydroxyl groups is 2. The first-order valence-electron chi connectivity index (χ1n) is 10.5. The fourth-order valence-electron chi connectivity index (χ4n) is 3.78. The van der Waals surface area contributed by atoms with Crippen LogP contribution in [-0.4, -0.2) is 76.4 Å². The molecule has 1 saturated heterocycles. The topological polar surface area (TPSA) is 102 Å². The van der Waals surface area contributed by atoms with Crippen LogP contribution in [0.3, 0.4) is 0 Å². The summed E-state index contributed by atoms with van der Waals surface area (Å²) in [5, 5.41) is 22.7. The molecule has 3 N–H and O–H groups in total. The molecule has 2 aromatic rings. The van der Waals surface area contributed by atoms with Crippen molar-refractivity contribution in [3.63, 3.8) is 0 Å². The molecule has 2 aromatic heterocycles. The van der Waals surface area contributed by atoms with Crippen molar-refractivity contribution in [2.75, 3.05) is 49.5 Å². The van der Waals surface area contributed by atoms with Gasteiger partial charge in [0.1, 0.15) is 10.6 Å². The van der Waals surface area contributed by atoms with Crippen LogP contribution in [0, 0.1) is 5.92 Å². The van der Waals surface area contributed by atoms with E-state index < -0.39 is 6.10 Å². The number of rotatable bonds is 7. The Morgan fingerprint density at radius 2 is 2.07 bits per heavy atom. The van der Waals surface area contributed by atoms with Gasteiger partial charge in [-0.1, -0.05) is 13.3 Å². The number of aromatic nitrogens is 2. The van der Waals surface area contributed by atoms with Crippen molar-refractivity contribution in [2.24, 2.45) is 5.92 Å². The van der Waals surface area contributed by atoms with Gasteiger partial charge in [-0.15, -0.1) is 11.3 Å². The van der Waals surface area contributed by atoms with Gasteiger partial charge in [-0.05, 0) is 25.3 Å². The molecule has 0 bridgehead atoms. The van der Waals surface area contributed by atoms with E-state index in [0.717, 1.165) is 61.5 Å². The molecule has 1 atom stereocenters. The predicted molar refractivity (Wildman–Crippen MR) is 115 cm³/mol. The Morgan fingerprint density at radius 3 is 2.69 bits per heavy atom. The van der Waals surface area contributed by atoms with Crippen LogP contribution in [-0.2, 0) is 11.2 Å². The first-order valence-corrected chi connectivity index (χ1v) is 11.3. The zero-order valence-electron chi connectivity index (χ0n) is 16.8. The summed E-state index contributed by atoms with van der Waals surface area (Å²) in [5.74, 6) is 1.89. The van der Waals surface area contributed by atoms with E-state index in [2.05, 4.69) is 28.2 Å². The second kappa shape index (κ2) is 8.81. The van der Waals surface area contributed by atoms with Gasteiger partial charge < -0.3 is 25.3 Å². The molecule has 1 aliphatic carbocycles. The van der Waals surface area contributed by atoms with Crippen LogP contribution in [0.15, 0.2) is 6.07 Å². The summed E-state index contributed by atoms with van der Waals surface area (Å²) in [6, 6.07) is 2.16. The van der Waals surface area contributed by atoms with Gasteiger partial charge in [0.15, 0.2) is 0 Å². The predicted octanol–water partition coefficient (Wildman–Crippen LogP) is 1.47. The Hall–Kier alpha value is -1.97. The highest BCUT2D eigenvalue weighted by atomic mass is 32.1. The zero-order valence-corrected chi connectivity index (χ0v) is 17.6. The van der Waals surface area contributed by atoms with Gasteiger partial charge in [-0.25, -0.2) is 4.98 Å². The normalized spacial score (nSPS) is 18.7. The van der Waals surface area contributed by atoms with Gasteiger partial charge in [0.2, 0.25) is 11.9 Å².